The average molecular weight is 298 g/mol. The van der Waals surface area contributed by atoms with Crippen LogP contribution in [0.5, 0.6) is 0 Å². The lowest BCUT2D eigenvalue weighted by Crippen LogP contribution is -2.39. The van der Waals surface area contributed by atoms with Crippen molar-refractivity contribution in [1.82, 2.24) is 10.9 Å². The van der Waals surface area contributed by atoms with Crippen molar-refractivity contribution in [2.75, 3.05) is 5.32 Å². The topological polar surface area (TPSA) is 70.2 Å². The lowest BCUT2D eigenvalue weighted by molar-refractivity contribution is -0.121. The van der Waals surface area contributed by atoms with Crippen LogP contribution < -0.4 is 16.2 Å². The lowest BCUT2D eigenvalue weighted by atomic mass is 10.2. The third-order valence-corrected chi connectivity index (χ3v) is 3.13. The fourth-order valence-electron chi connectivity index (χ4n) is 1.55. The highest BCUT2D eigenvalue weighted by molar-refractivity contribution is 9.10. The molecule has 1 saturated heterocycles. The Balaban J connectivity index is 2.05. The molecule has 0 aliphatic carbocycles. The van der Waals surface area contributed by atoms with Gasteiger partial charge in [0.25, 0.3) is 0 Å². The molecule has 6 heteroatoms. The molecule has 0 bridgehead atoms. The van der Waals surface area contributed by atoms with E-state index in [-0.39, 0.29) is 18.2 Å². The standard InChI is InChI=1S/C11H12BrN3O2/c1-6-2-3-8(7(12)4-6)13-11(17)9-5-10(16)15-14-9/h2-4,9,14H,5H2,1H3,(H,13,17)(H,15,16). The molecule has 1 aliphatic rings. The van der Waals surface area contributed by atoms with Crippen molar-refractivity contribution in [3.8, 4) is 0 Å². The third-order valence-electron chi connectivity index (χ3n) is 2.47. The molecule has 17 heavy (non-hydrogen) atoms. The minimum Gasteiger partial charge on any atom is -0.324 e. The lowest BCUT2D eigenvalue weighted by Gasteiger charge is -2.11. The van der Waals surface area contributed by atoms with E-state index >= 15 is 0 Å². The van der Waals surface area contributed by atoms with Gasteiger partial charge >= 0.3 is 0 Å². The van der Waals surface area contributed by atoms with Crippen LogP contribution in [0.2, 0.25) is 0 Å². The minimum atomic E-state index is -0.518. The Bertz CT molecular complexity index is 476. The van der Waals surface area contributed by atoms with Gasteiger partial charge in [-0.05, 0) is 40.5 Å². The number of rotatable bonds is 2. The molecule has 1 heterocycles. The van der Waals surface area contributed by atoms with Gasteiger partial charge in [0.15, 0.2) is 0 Å². The van der Waals surface area contributed by atoms with Gasteiger partial charge in [-0.1, -0.05) is 6.07 Å². The number of hydrogen-bond acceptors (Lipinski definition) is 3. The highest BCUT2D eigenvalue weighted by Gasteiger charge is 2.27. The van der Waals surface area contributed by atoms with Crippen molar-refractivity contribution in [2.24, 2.45) is 0 Å². The van der Waals surface area contributed by atoms with Gasteiger partial charge in [0, 0.05) is 4.47 Å². The maximum atomic E-state index is 11.8. The van der Waals surface area contributed by atoms with Gasteiger partial charge in [0.1, 0.15) is 6.04 Å². The molecule has 3 N–H and O–H groups in total. The van der Waals surface area contributed by atoms with Crippen LogP contribution in [0.3, 0.4) is 0 Å². The summed E-state index contributed by atoms with van der Waals surface area (Å²) in [5, 5.41) is 2.76. The molecular weight excluding hydrogens is 286 g/mol. The van der Waals surface area contributed by atoms with Gasteiger partial charge in [0.05, 0.1) is 12.1 Å². The first-order valence-corrected chi connectivity index (χ1v) is 5.97. The van der Waals surface area contributed by atoms with Crippen molar-refractivity contribution in [3.63, 3.8) is 0 Å². The van der Waals surface area contributed by atoms with E-state index in [0.717, 1.165) is 10.0 Å². The summed E-state index contributed by atoms with van der Waals surface area (Å²) in [6.45, 7) is 1.97. The average Bonchev–Trinajstić information content (AvgIpc) is 2.69. The van der Waals surface area contributed by atoms with E-state index in [0.29, 0.717) is 5.69 Å². The number of halogens is 1. The van der Waals surface area contributed by atoms with Gasteiger partial charge in [-0.25, -0.2) is 5.43 Å². The van der Waals surface area contributed by atoms with Crippen molar-refractivity contribution in [2.45, 2.75) is 19.4 Å². The first-order chi connectivity index (χ1) is 8.06. The molecule has 0 spiro atoms. The fourth-order valence-corrected chi connectivity index (χ4v) is 2.15. The Kier molecular flexibility index (Phi) is 3.44. The monoisotopic (exact) mass is 297 g/mol. The van der Waals surface area contributed by atoms with Crippen molar-refractivity contribution in [3.05, 3.63) is 28.2 Å². The molecule has 2 amide bonds. The Morgan fingerprint density at radius 1 is 1.53 bits per heavy atom. The van der Waals surface area contributed by atoms with E-state index in [4.69, 9.17) is 0 Å². The quantitative estimate of drug-likeness (QED) is 0.765. The third kappa shape index (κ3) is 2.83. The van der Waals surface area contributed by atoms with E-state index < -0.39 is 6.04 Å². The zero-order valence-electron chi connectivity index (χ0n) is 9.21. The molecule has 1 aliphatic heterocycles. The number of anilines is 1. The Morgan fingerprint density at radius 2 is 2.29 bits per heavy atom. The predicted octanol–water partition coefficient (Wildman–Crippen LogP) is 1.09. The molecular formula is C11H12BrN3O2. The summed E-state index contributed by atoms with van der Waals surface area (Å²) in [6.07, 6.45) is 0.162. The van der Waals surface area contributed by atoms with Crippen molar-refractivity contribution < 1.29 is 9.59 Å². The van der Waals surface area contributed by atoms with Crippen LogP contribution in [0.15, 0.2) is 22.7 Å². The highest BCUT2D eigenvalue weighted by Crippen LogP contribution is 2.23. The smallest absolute Gasteiger partial charge is 0.243 e. The van der Waals surface area contributed by atoms with E-state index in [1.807, 2.05) is 25.1 Å². The van der Waals surface area contributed by atoms with Gasteiger partial charge in [-0.3, -0.25) is 15.0 Å². The van der Waals surface area contributed by atoms with Crippen molar-refractivity contribution in [1.29, 1.82) is 0 Å². The maximum Gasteiger partial charge on any atom is 0.243 e. The zero-order chi connectivity index (χ0) is 12.4. The van der Waals surface area contributed by atoms with E-state index in [2.05, 4.69) is 32.1 Å². The normalized spacial score (nSPS) is 18.9. The highest BCUT2D eigenvalue weighted by atomic mass is 79.9. The molecule has 1 unspecified atom stereocenters. The summed E-state index contributed by atoms with van der Waals surface area (Å²) in [5.41, 5.74) is 6.83. The molecule has 1 aromatic rings. The van der Waals surface area contributed by atoms with E-state index in [9.17, 15) is 9.59 Å². The SMILES string of the molecule is Cc1ccc(NC(=O)C2CC(=O)NN2)c(Br)c1. The number of hydrogen-bond donors (Lipinski definition) is 3. The van der Waals surface area contributed by atoms with Gasteiger partial charge in [0.2, 0.25) is 11.8 Å². The van der Waals surface area contributed by atoms with E-state index in [1.54, 1.807) is 0 Å². The molecule has 0 aromatic heterocycles. The predicted molar refractivity (Wildman–Crippen MR) is 67.2 cm³/mol. The summed E-state index contributed by atoms with van der Waals surface area (Å²) in [4.78, 5) is 22.8. The Morgan fingerprint density at radius 3 is 2.88 bits per heavy atom. The maximum absolute atomic E-state index is 11.8. The van der Waals surface area contributed by atoms with Crippen LogP contribution >= 0.6 is 15.9 Å². The fraction of sp³-hybridized carbons (Fsp3) is 0.273. The second-order valence-electron chi connectivity index (χ2n) is 3.92. The summed E-state index contributed by atoms with van der Waals surface area (Å²) in [7, 11) is 0. The number of benzene rings is 1. The molecule has 1 aromatic carbocycles. The number of aryl methyl sites for hydroxylation is 1. The van der Waals surface area contributed by atoms with Crippen LogP contribution in [0.25, 0.3) is 0 Å². The molecule has 0 saturated carbocycles. The second kappa shape index (κ2) is 4.85. The molecule has 1 fully saturated rings. The zero-order valence-corrected chi connectivity index (χ0v) is 10.8. The molecule has 1 atom stereocenters. The molecule has 90 valence electrons. The van der Waals surface area contributed by atoms with Crippen molar-refractivity contribution >= 4 is 33.4 Å². The first kappa shape index (κ1) is 12.1. The van der Waals surface area contributed by atoms with Crippen LogP contribution in [0.1, 0.15) is 12.0 Å². The largest absolute Gasteiger partial charge is 0.324 e. The molecule has 5 nitrogen and oxygen atoms in total. The van der Waals surface area contributed by atoms with Crippen LogP contribution in [-0.4, -0.2) is 17.9 Å². The van der Waals surface area contributed by atoms with Gasteiger partial charge in [-0.15, -0.1) is 0 Å². The number of nitrogens with one attached hydrogen (secondary N) is 3. The van der Waals surface area contributed by atoms with E-state index in [1.165, 1.54) is 0 Å². The van der Waals surface area contributed by atoms with Crippen LogP contribution in [0.4, 0.5) is 5.69 Å². The number of amides is 2. The number of hydrazine groups is 1. The summed E-state index contributed by atoms with van der Waals surface area (Å²) < 4.78 is 0.822. The van der Waals surface area contributed by atoms with Gasteiger partial charge in [-0.2, -0.15) is 0 Å². The summed E-state index contributed by atoms with van der Waals surface area (Å²) in [5.74, 6) is -0.402. The molecule has 2 rings (SSSR count). The number of carbonyl (C=O) groups excluding carboxylic acids is 2. The second-order valence-corrected chi connectivity index (χ2v) is 4.78. The Hall–Kier alpha value is -1.40. The summed E-state index contributed by atoms with van der Waals surface area (Å²) in [6, 6.07) is 5.13. The van der Waals surface area contributed by atoms with Crippen LogP contribution in [0, 0.1) is 6.92 Å². The summed E-state index contributed by atoms with van der Waals surface area (Å²) >= 11 is 3.38. The molecule has 0 radical (unpaired) electrons. The van der Waals surface area contributed by atoms with Crippen LogP contribution in [-0.2, 0) is 9.59 Å². The first-order valence-electron chi connectivity index (χ1n) is 5.17. The Labute approximate surface area is 107 Å². The number of carbonyl (C=O) groups is 2. The van der Waals surface area contributed by atoms with Gasteiger partial charge < -0.3 is 5.32 Å². The minimum absolute atomic E-state index is 0.162.